The Morgan fingerprint density at radius 2 is 2.31 bits per heavy atom. The molecule has 1 saturated heterocycles. The summed E-state index contributed by atoms with van der Waals surface area (Å²) in [5.41, 5.74) is 1.80. The van der Waals surface area contributed by atoms with Crippen LogP contribution in [0.4, 0.5) is 5.69 Å². The molecule has 0 aromatic heterocycles. The lowest BCUT2D eigenvalue weighted by molar-refractivity contribution is -0.119. The van der Waals surface area contributed by atoms with Crippen molar-refractivity contribution in [2.45, 2.75) is 18.9 Å². The standard InChI is InChI=1S/C12H14N2O2/c15-10-3-1-2-8-4-5-9-6-13-7-11(16)14(9)12(8)10/h1-3,9,13,15H,4-7H2. The number of phenolic OH excluding ortho intramolecular Hbond substituents is 1. The fraction of sp³-hybridized carbons (Fsp3) is 0.417. The number of rotatable bonds is 0. The van der Waals surface area contributed by atoms with Crippen LogP contribution in [0, 0.1) is 0 Å². The Hall–Kier alpha value is -1.55. The zero-order valence-corrected chi connectivity index (χ0v) is 8.94. The van der Waals surface area contributed by atoms with E-state index in [9.17, 15) is 9.90 Å². The maximum absolute atomic E-state index is 11.9. The third kappa shape index (κ3) is 1.30. The molecule has 2 N–H and O–H groups in total. The number of phenols is 1. The number of aryl methyl sites for hydroxylation is 1. The van der Waals surface area contributed by atoms with Gasteiger partial charge < -0.3 is 15.3 Å². The predicted molar refractivity (Wildman–Crippen MR) is 60.6 cm³/mol. The van der Waals surface area contributed by atoms with E-state index in [4.69, 9.17) is 0 Å². The maximum atomic E-state index is 11.9. The molecule has 4 nitrogen and oxygen atoms in total. The SMILES string of the molecule is O=C1CNCC2CCc3cccc(O)c3N12. The molecule has 0 saturated carbocycles. The Morgan fingerprint density at radius 3 is 3.19 bits per heavy atom. The quantitative estimate of drug-likeness (QED) is 0.672. The minimum atomic E-state index is 0.0544. The number of fused-ring (bicyclic) bond motifs is 3. The number of benzene rings is 1. The number of nitrogens with one attached hydrogen (secondary N) is 1. The van der Waals surface area contributed by atoms with Crippen LogP contribution in [0.15, 0.2) is 18.2 Å². The fourth-order valence-corrected chi connectivity index (χ4v) is 2.64. The van der Waals surface area contributed by atoms with E-state index in [1.54, 1.807) is 11.0 Å². The monoisotopic (exact) mass is 218 g/mol. The van der Waals surface area contributed by atoms with Gasteiger partial charge in [0.2, 0.25) is 5.91 Å². The van der Waals surface area contributed by atoms with E-state index in [2.05, 4.69) is 5.32 Å². The highest BCUT2D eigenvalue weighted by atomic mass is 16.3. The summed E-state index contributed by atoms with van der Waals surface area (Å²) >= 11 is 0. The van der Waals surface area contributed by atoms with E-state index in [0.29, 0.717) is 6.54 Å². The van der Waals surface area contributed by atoms with Crippen LogP contribution in [0.5, 0.6) is 5.75 Å². The zero-order valence-electron chi connectivity index (χ0n) is 8.94. The number of aromatic hydroxyl groups is 1. The highest BCUT2D eigenvalue weighted by molar-refractivity contribution is 5.98. The average molecular weight is 218 g/mol. The van der Waals surface area contributed by atoms with Crippen LogP contribution in [0.3, 0.4) is 0 Å². The van der Waals surface area contributed by atoms with Crippen molar-refractivity contribution in [3.05, 3.63) is 23.8 Å². The van der Waals surface area contributed by atoms with Crippen LogP contribution >= 0.6 is 0 Å². The third-order valence-corrected chi connectivity index (χ3v) is 3.38. The molecule has 84 valence electrons. The molecule has 1 fully saturated rings. The van der Waals surface area contributed by atoms with Crippen molar-refractivity contribution >= 4 is 11.6 Å². The van der Waals surface area contributed by atoms with Gasteiger partial charge in [-0.1, -0.05) is 12.1 Å². The molecule has 0 spiro atoms. The van der Waals surface area contributed by atoms with Crippen LogP contribution in [0.2, 0.25) is 0 Å². The second kappa shape index (κ2) is 3.49. The fourth-order valence-electron chi connectivity index (χ4n) is 2.64. The number of piperazine rings is 1. The number of amides is 1. The molecule has 1 atom stereocenters. The van der Waals surface area contributed by atoms with Gasteiger partial charge in [-0.2, -0.15) is 0 Å². The van der Waals surface area contributed by atoms with Crippen LogP contribution < -0.4 is 10.2 Å². The molecule has 2 aliphatic heterocycles. The van der Waals surface area contributed by atoms with Crippen molar-refractivity contribution in [3.63, 3.8) is 0 Å². The molecular formula is C12H14N2O2. The second-order valence-electron chi connectivity index (χ2n) is 4.37. The van der Waals surface area contributed by atoms with E-state index in [1.165, 1.54) is 0 Å². The van der Waals surface area contributed by atoms with Gasteiger partial charge in [0.25, 0.3) is 0 Å². The highest BCUT2D eigenvalue weighted by Gasteiger charge is 2.35. The van der Waals surface area contributed by atoms with Gasteiger partial charge in [-0.05, 0) is 24.5 Å². The Balaban J connectivity index is 2.12. The smallest absolute Gasteiger partial charge is 0.241 e. The first-order valence-electron chi connectivity index (χ1n) is 5.61. The van der Waals surface area contributed by atoms with Gasteiger partial charge in [-0.15, -0.1) is 0 Å². The first kappa shape index (κ1) is 9.66. The minimum absolute atomic E-state index is 0.0544. The van der Waals surface area contributed by atoms with Crippen LogP contribution in [0.1, 0.15) is 12.0 Å². The van der Waals surface area contributed by atoms with E-state index < -0.39 is 0 Å². The molecule has 0 bridgehead atoms. The molecule has 1 unspecified atom stereocenters. The molecule has 1 aromatic carbocycles. The number of para-hydroxylation sites is 1. The number of anilines is 1. The molecule has 1 aromatic rings. The van der Waals surface area contributed by atoms with E-state index in [-0.39, 0.29) is 17.7 Å². The number of carbonyl (C=O) groups is 1. The summed E-state index contributed by atoms with van der Waals surface area (Å²) in [6, 6.07) is 5.67. The summed E-state index contributed by atoms with van der Waals surface area (Å²) in [5, 5.41) is 13.0. The lowest BCUT2D eigenvalue weighted by atomic mass is 9.94. The molecule has 0 radical (unpaired) electrons. The molecular weight excluding hydrogens is 204 g/mol. The van der Waals surface area contributed by atoms with E-state index in [0.717, 1.165) is 30.6 Å². The Kier molecular flexibility index (Phi) is 2.11. The first-order chi connectivity index (χ1) is 7.77. The maximum Gasteiger partial charge on any atom is 0.241 e. The van der Waals surface area contributed by atoms with Gasteiger partial charge in [-0.25, -0.2) is 0 Å². The molecule has 1 amide bonds. The lowest BCUT2D eigenvalue weighted by Crippen LogP contribution is -2.56. The van der Waals surface area contributed by atoms with Crippen LogP contribution in [0.25, 0.3) is 0 Å². The van der Waals surface area contributed by atoms with Gasteiger partial charge in [-0.3, -0.25) is 4.79 Å². The van der Waals surface area contributed by atoms with Crippen LogP contribution in [-0.4, -0.2) is 30.1 Å². The molecule has 16 heavy (non-hydrogen) atoms. The summed E-state index contributed by atoms with van der Waals surface area (Å²) < 4.78 is 0. The zero-order chi connectivity index (χ0) is 11.1. The highest BCUT2D eigenvalue weighted by Crippen LogP contribution is 2.38. The minimum Gasteiger partial charge on any atom is -0.506 e. The van der Waals surface area contributed by atoms with Gasteiger partial charge in [0.05, 0.1) is 12.2 Å². The van der Waals surface area contributed by atoms with Crippen molar-refractivity contribution in [1.29, 1.82) is 0 Å². The Bertz CT molecular complexity index is 445. The van der Waals surface area contributed by atoms with Crippen LogP contribution in [-0.2, 0) is 11.2 Å². The molecule has 3 rings (SSSR count). The van der Waals surface area contributed by atoms with Crippen molar-refractivity contribution < 1.29 is 9.90 Å². The van der Waals surface area contributed by atoms with Crippen molar-refractivity contribution in [2.24, 2.45) is 0 Å². The van der Waals surface area contributed by atoms with Crippen molar-refractivity contribution in [1.82, 2.24) is 5.32 Å². The first-order valence-corrected chi connectivity index (χ1v) is 5.61. The third-order valence-electron chi connectivity index (χ3n) is 3.38. The summed E-state index contributed by atoms with van der Waals surface area (Å²) in [5.74, 6) is 0.274. The van der Waals surface area contributed by atoms with Gasteiger partial charge in [0, 0.05) is 12.6 Å². The normalized spacial score (nSPS) is 23.9. The molecule has 4 heteroatoms. The molecule has 0 aliphatic carbocycles. The van der Waals surface area contributed by atoms with Gasteiger partial charge >= 0.3 is 0 Å². The summed E-state index contributed by atoms with van der Waals surface area (Å²) in [4.78, 5) is 13.7. The summed E-state index contributed by atoms with van der Waals surface area (Å²) in [7, 11) is 0. The number of hydrogen-bond donors (Lipinski definition) is 2. The number of nitrogens with zero attached hydrogens (tertiary/aromatic N) is 1. The summed E-state index contributed by atoms with van der Waals surface area (Å²) in [6.07, 6.45) is 1.90. The van der Waals surface area contributed by atoms with E-state index >= 15 is 0 Å². The predicted octanol–water partition coefficient (Wildman–Crippen LogP) is 0.643. The average Bonchev–Trinajstić information content (AvgIpc) is 2.29. The Labute approximate surface area is 93.9 Å². The van der Waals surface area contributed by atoms with E-state index in [1.807, 2.05) is 12.1 Å². The second-order valence-corrected chi connectivity index (χ2v) is 4.37. The van der Waals surface area contributed by atoms with Gasteiger partial charge in [0.1, 0.15) is 5.75 Å². The molecule has 2 aliphatic rings. The Morgan fingerprint density at radius 1 is 1.44 bits per heavy atom. The molecule has 2 heterocycles. The van der Waals surface area contributed by atoms with Crippen molar-refractivity contribution in [2.75, 3.05) is 18.0 Å². The lowest BCUT2D eigenvalue weighted by Gasteiger charge is -2.40. The van der Waals surface area contributed by atoms with Gasteiger partial charge in [0.15, 0.2) is 0 Å². The number of carbonyl (C=O) groups excluding carboxylic acids is 1. The summed E-state index contributed by atoms with van der Waals surface area (Å²) in [6.45, 7) is 1.18. The number of hydrogen-bond acceptors (Lipinski definition) is 3. The van der Waals surface area contributed by atoms with Crippen molar-refractivity contribution in [3.8, 4) is 5.75 Å². The topological polar surface area (TPSA) is 52.6 Å². The largest absolute Gasteiger partial charge is 0.506 e.